The average Bonchev–Trinajstić information content (AvgIpc) is 2.16. The van der Waals surface area contributed by atoms with E-state index >= 15 is 0 Å². The molecule has 0 saturated heterocycles. The third-order valence-corrected chi connectivity index (χ3v) is 1.89. The van der Waals surface area contributed by atoms with Crippen molar-refractivity contribution < 1.29 is 75.6 Å². The topological polar surface area (TPSA) is 110 Å². The van der Waals surface area contributed by atoms with Gasteiger partial charge in [0.2, 0.25) is 0 Å². The molecule has 0 unspecified atom stereocenters. The van der Waals surface area contributed by atoms with Crippen molar-refractivity contribution >= 4 is 17.9 Å². The van der Waals surface area contributed by atoms with Gasteiger partial charge < -0.3 is 20.4 Å². The van der Waals surface area contributed by atoms with E-state index in [0.717, 1.165) is 12.8 Å². The van der Waals surface area contributed by atoms with Gasteiger partial charge in [0.1, 0.15) is 6.04 Å². The molecule has 0 radical (unpaired) electrons. The van der Waals surface area contributed by atoms with Gasteiger partial charge in [-0.3, -0.25) is 4.79 Å². The number of carbonyl (C=O) groups excluding carboxylic acids is 3. The number of carboxylic acids is 1. The number of carboxylic acid groups (broad SMARTS) is 1. The van der Waals surface area contributed by atoms with Crippen LogP contribution in [0.3, 0.4) is 0 Å². The summed E-state index contributed by atoms with van der Waals surface area (Å²) >= 11 is 0. The first-order valence-electron chi connectivity index (χ1n) is 5.17. The Balaban J connectivity index is 0. The van der Waals surface area contributed by atoms with Gasteiger partial charge in [-0.15, -0.1) is 0 Å². The Morgan fingerprint density at radius 2 is 1.88 bits per heavy atom. The van der Waals surface area contributed by atoms with E-state index in [0.29, 0.717) is 6.42 Å². The van der Waals surface area contributed by atoms with E-state index in [1.807, 2.05) is 6.92 Å². The number of ether oxygens (including phenoxy) is 1. The summed E-state index contributed by atoms with van der Waals surface area (Å²) in [6.07, 6.45) is 1.94. The smallest absolute Gasteiger partial charge is 0.550 e. The van der Waals surface area contributed by atoms with Crippen LogP contribution in [0, 0.1) is 0 Å². The van der Waals surface area contributed by atoms with Gasteiger partial charge in [-0.05, 0) is 6.42 Å². The molecule has 0 bridgehead atoms. The summed E-state index contributed by atoms with van der Waals surface area (Å²) in [4.78, 5) is 32.2. The molecule has 0 spiro atoms. The summed E-state index contributed by atoms with van der Waals surface area (Å²) in [5.74, 6) is -3.15. The average molecular weight is 269 g/mol. The fraction of sp³-hybridized carbons (Fsp3) is 0.700. The van der Waals surface area contributed by atoms with Crippen molar-refractivity contribution in [3.05, 3.63) is 0 Å². The molecular formula is C10H16KNO5. The van der Waals surface area contributed by atoms with Gasteiger partial charge in [0.25, 0.3) is 0 Å². The zero-order valence-electron chi connectivity index (χ0n) is 10.2. The van der Waals surface area contributed by atoms with E-state index in [1.54, 1.807) is 0 Å². The molecule has 0 fully saturated rings. The first kappa shape index (κ1) is 19.5. The zero-order valence-corrected chi connectivity index (χ0v) is 13.4. The maximum absolute atomic E-state index is 11.1. The third-order valence-electron chi connectivity index (χ3n) is 1.89. The Hall–Kier alpha value is 0.206. The Morgan fingerprint density at radius 3 is 2.35 bits per heavy atom. The first-order valence-corrected chi connectivity index (χ1v) is 5.17. The number of nitrogens with two attached hydrogens (primary N) is 1. The SMILES string of the molecule is CCCCCC(=O)OC(=O)[C@@H](N)CC(=O)[O-].[K+]. The molecule has 0 aromatic carbocycles. The number of carbonyl (C=O) groups is 3. The number of hydrogen-bond acceptors (Lipinski definition) is 6. The van der Waals surface area contributed by atoms with Crippen molar-refractivity contribution in [2.45, 2.75) is 45.1 Å². The fourth-order valence-corrected chi connectivity index (χ4v) is 1.02. The van der Waals surface area contributed by atoms with E-state index < -0.39 is 30.4 Å². The molecule has 6 nitrogen and oxygen atoms in total. The monoisotopic (exact) mass is 269 g/mol. The number of aliphatic carboxylic acids is 1. The predicted molar refractivity (Wildman–Crippen MR) is 52.8 cm³/mol. The molecule has 0 aliphatic heterocycles. The minimum Gasteiger partial charge on any atom is -0.550 e. The molecule has 0 aliphatic rings. The van der Waals surface area contributed by atoms with Gasteiger partial charge in [-0.2, -0.15) is 0 Å². The van der Waals surface area contributed by atoms with Crippen molar-refractivity contribution in [2.24, 2.45) is 5.73 Å². The molecule has 0 heterocycles. The Morgan fingerprint density at radius 1 is 1.29 bits per heavy atom. The van der Waals surface area contributed by atoms with Crippen molar-refractivity contribution in [1.29, 1.82) is 0 Å². The number of hydrogen-bond donors (Lipinski definition) is 1. The van der Waals surface area contributed by atoms with Crippen LogP contribution < -0.4 is 62.2 Å². The minimum atomic E-state index is -1.46. The molecule has 17 heavy (non-hydrogen) atoms. The second-order valence-corrected chi connectivity index (χ2v) is 3.43. The maximum atomic E-state index is 11.1. The number of unbranched alkanes of at least 4 members (excludes halogenated alkanes) is 2. The summed E-state index contributed by atoms with van der Waals surface area (Å²) in [5.41, 5.74) is 5.17. The van der Waals surface area contributed by atoms with Crippen molar-refractivity contribution in [1.82, 2.24) is 0 Å². The quantitative estimate of drug-likeness (QED) is 0.219. The van der Waals surface area contributed by atoms with Crippen LogP contribution in [-0.2, 0) is 19.1 Å². The van der Waals surface area contributed by atoms with Gasteiger partial charge in [-0.25, -0.2) is 4.79 Å². The third kappa shape index (κ3) is 11.0. The van der Waals surface area contributed by atoms with Gasteiger partial charge >= 0.3 is 63.3 Å². The summed E-state index contributed by atoms with van der Waals surface area (Å²) in [6.45, 7) is 1.98. The second-order valence-electron chi connectivity index (χ2n) is 3.43. The van der Waals surface area contributed by atoms with Crippen LogP contribution in [0.25, 0.3) is 0 Å². The Bertz CT molecular complexity index is 269. The van der Waals surface area contributed by atoms with Gasteiger partial charge in [-0.1, -0.05) is 19.8 Å². The summed E-state index contributed by atoms with van der Waals surface area (Å²) in [6, 6.07) is -1.35. The Kier molecular flexibility index (Phi) is 13.0. The molecule has 0 saturated carbocycles. The van der Waals surface area contributed by atoms with Crippen LogP contribution >= 0.6 is 0 Å². The molecule has 0 rings (SSSR count). The zero-order chi connectivity index (χ0) is 12.6. The van der Waals surface area contributed by atoms with Crippen molar-refractivity contribution in [2.75, 3.05) is 0 Å². The van der Waals surface area contributed by atoms with Crippen molar-refractivity contribution in [3.63, 3.8) is 0 Å². The molecule has 7 heteroatoms. The van der Waals surface area contributed by atoms with Crippen molar-refractivity contribution in [3.8, 4) is 0 Å². The van der Waals surface area contributed by atoms with E-state index in [9.17, 15) is 19.5 Å². The van der Waals surface area contributed by atoms with Crippen LogP contribution in [0.1, 0.15) is 39.0 Å². The summed E-state index contributed by atoms with van der Waals surface area (Å²) in [7, 11) is 0. The van der Waals surface area contributed by atoms with Crippen LogP contribution in [-0.4, -0.2) is 23.9 Å². The molecule has 2 N–H and O–H groups in total. The minimum absolute atomic E-state index is 0. The van der Waals surface area contributed by atoms with Crippen LogP contribution in [0.2, 0.25) is 0 Å². The van der Waals surface area contributed by atoms with E-state index in [-0.39, 0.29) is 57.8 Å². The molecule has 1 atom stereocenters. The molecule has 0 aliphatic carbocycles. The van der Waals surface area contributed by atoms with E-state index in [2.05, 4.69) is 4.74 Å². The predicted octanol–water partition coefficient (Wildman–Crippen LogP) is -3.89. The molecule has 92 valence electrons. The summed E-state index contributed by atoms with van der Waals surface area (Å²) < 4.78 is 4.37. The van der Waals surface area contributed by atoms with Gasteiger partial charge in [0, 0.05) is 18.8 Å². The second kappa shape index (κ2) is 11.3. The van der Waals surface area contributed by atoms with Crippen LogP contribution in [0.5, 0.6) is 0 Å². The normalized spacial score (nSPS) is 11.2. The molecular weight excluding hydrogens is 253 g/mol. The fourth-order valence-electron chi connectivity index (χ4n) is 1.02. The van der Waals surface area contributed by atoms with E-state index in [4.69, 9.17) is 5.73 Å². The standard InChI is InChI=1S/C10H17NO5.K/c1-2-3-4-5-9(14)16-10(15)7(11)6-8(12)13;/h7H,2-6,11H2,1H3,(H,12,13);/q;+1/p-1/t7-;/m0./s1. The first-order chi connectivity index (χ1) is 7.47. The summed E-state index contributed by atoms with van der Waals surface area (Å²) in [5, 5.41) is 10.1. The van der Waals surface area contributed by atoms with Crippen LogP contribution in [0.15, 0.2) is 0 Å². The van der Waals surface area contributed by atoms with Gasteiger partial charge in [0.05, 0.1) is 0 Å². The van der Waals surface area contributed by atoms with Crippen LogP contribution in [0.4, 0.5) is 0 Å². The molecule has 0 amide bonds. The largest absolute Gasteiger partial charge is 1.00 e. The number of rotatable bonds is 7. The molecule has 0 aromatic heterocycles. The van der Waals surface area contributed by atoms with E-state index in [1.165, 1.54) is 0 Å². The maximum Gasteiger partial charge on any atom is 1.00 e. The number of esters is 2. The molecule has 0 aromatic rings. The Labute approximate surface area is 143 Å². The van der Waals surface area contributed by atoms with Gasteiger partial charge in [0.15, 0.2) is 0 Å².